The predicted molar refractivity (Wildman–Crippen MR) is 61.6 cm³/mol. The van der Waals surface area contributed by atoms with Crippen molar-refractivity contribution in [2.45, 2.75) is 19.9 Å². The monoisotopic (exact) mass is 222 g/mol. The Morgan fingerprint density at radius 1 is 1.53 bits per heavy atom. The van der Waals surface area contributed by atoms with Crippen molar-refractivity contribution in [2.24, 2.45) is 12.8 Å². The molecule has 0 aliphatic heterocycles. The topological polar surface area (TPSA) is 56.7 Å². The number of rotatable bonds is 3. The van der Waals surface area contributed by atoms with E-state index < -0.39 is 0 Å². The number of thiazole rings is 1. The zero-order chi connectivity index (χ0) is 10.8. The van der Waals surface area contributed by atoms with Crippen LogP contribution < -0.4 is 5.73 Å². The second-order valence-electron chi connectivity index (χ2n) is 3.36. The first-order valence-corrected chi connectivity index (χ1v) is 5.80. The van der Waals surface area contributed by atoms with Crippen LogP contribution in [-0.2, 0) is 20.0 Å². The maximum Gasteiger partial charge on any atom is 0.127 e. The summed E-state index contributed by atoms with van der Waals surface area (Å²) in [7, 11) is 1.93. The average molecular weight is 222 g/mol. The maximum atomic E-state index is 5.54. The molecule has 2 N–H and O–H groups in total. The fourth-order valence-corrected chi connectivity index (χ4v) is 2.36. The van der Waals surface area contributed by atoms with Crippen molar-refractivity contribution in [2.75, 3.05) is 0 Å². The second-order valence-corrected chi connectivity index (χ2v) is 4.22. The van der Waals surface area contributed by atoms with Gasteiger partial charge in [0.1, 0.15) is 5.01 Å². The van der Waals surface area contributed by atoms with Gasteiger partial charge in [0, 0.05) is 25.2 Å². The van der Waals surface area contributed by atoms with Gasteiger partial charge >= 0.3 is 0 Å². The molecule has 0 atom stereocenters. The highest BCUT2D eigenvalue weighted by Gasteiger charge is 2.11. The fraction of sp³-hybridized carbons (Fsp3) is 0.400. The Balaban J connectivity index is 2.43. The number of nitrogens with zero attached hydrogens (tertiary/aromatic N) is 3. The first-order chi connectivity index (χ1) is 7.24. The maximum absolute atomic E-state index is 5.54. The Morgan fingerprint density at radius 3 is 2.93 bits per heavy atom. The first kappa shape index (κ1) is 10.3. The van der Waals surface area contributed by atoms with Gasteiger partial charge < -0.3 is 5.73 Å². The molecule has 2 aromatic heterocycles. The van der Waals surface area contributed by atoms with E-state index in [1.807, 2.05) is 23.3 Å². The molecule has 0 spiro atoms. The zero-order valence-corrected chi connectivity index (χ0v) is 9.71. The van der Waals surface area contributed by atoms with E-state index in [9.17, 15) is 0 Å². The van der Waals surface area contributed by atoms with Crippen LogP contribution in [0.15, 0.2) is 11.6 Å². The van der Waals surface area contributed by atoms with Crippen molar-refractivity contribution in [3.05, 3.63) is 23.0 Å². The van der Waals surface area contributed by atoms with E-state index in [4.69, 9.17) is 5.73 Å². The summed E-state index contributed by atoms with van der Waals surface area (Å²) in [4.78, 5) is 4.46. The Morgan fingerprint density at radius 2 is 2.33 bits per heavy atom. The van der Waals surface area contributed by atoms with E-state index in [1.165, 1.54) is 0 Å². The molecule has 80 valence electrons. The summed E-state index contributed by atoms with van der Waals surface area (Å²) in [5.41, 5.74) is 8.71. The summed E-state index contributed by atoms with van der Waals surface area (Å²) in [5, 5.41) is 7.41. The van der Waals surface area contributed by atoms with Crippen LogP contribution in [0.3, 0.4) is 0 Å². The highest BCUT2D eigenvalue weighted by molar-refractivity contribution is 7.13. The van der Waals surface area contributed by atoms with Crippen LogP contribution in [0.4, 0.5) is 0 Å². The minimum atomic E-state index is 0.498. The number of aromatic nitrogens is 3. The molecule has 0 aromatic carbocycles. The summed E-state index contributed by atoms with van der Waals surface area (Å²) >= 11 is 1.63. The zero-order valence-electron chi connectivity index (χ0n) is 8.90. The standard InChI is InChI=1S/C10H14N4S/c1-3-9-8(5-14(2)13-9)10-12-7(4-11)6-15-10/h5-6H,3-4,11H2,1-2H3. The van der Waals surface area contributed by atoms with Gasteiger partial charge in [-0.3, -0.25) is 4.68 Å². The van der Waals surface area contributed by atoms with Gasteiger partial charge in [-0.25, -0.2) is 4.98 Å². The van der Waals surface area contributed by atoms with Gasteiger partial charge in [-0.05, 0) is 6.42 Å². The molecule has 2 aromatic rings. The van der Waals surface area contributed by atoms with Crippen molar-refractivity contribution >= 4 is 11.3 Å². The van der Waals surface area contributed by atoms with Crippen molar-refractivity contribution in [1.29, 1.82) is 0 Å². The van der Waals surface area contributed by atoms with Crippen LogP contribution in [0.25, 0.3) is 10.6 Å². The van der Waals surface area contributed by atoms with E-state index in [0.717, 1.165) is 28.4 Å². The summed E-state index contributed by atoms with van der Waals surface area (Å²) in [6.07, 6.45) is 2.94. The predicted octanol–water partition coefficient (Wildman–Crippen LogP) is 1.56. The van der Waals surface area contributed by atoms with Gasteiger partial charge in [0.2, 0.25) is 0 Å². The minimum Gasteiger partial charge on any atom is -0.325 e. The van der Waals surface area contributed by atoms with E-state index in [1.54, 1.807) is 11.3 Å². The Hall–Kier alpha value is -1.20. The van der Waals surface area contributed by atoms with Crippen LogP contribution in [0.5, 0.6) is 0 Å². The number of nitrogens with two attached hydrogens (primary N) is 1. The fourth-order valence-electron chi connectivity index (χ4n) is 1.50. The van der Waals surface area contributed by atoms with Gasteiger partial charge in [0.25, 0.3) is 0 Å². The highest BCUT2D eigenvalue weighted by atomic mass is 32.1. The quantitative estimate of drug-likeness (QED) is 0.857. The SMILES string of the molecule is CCc1nn(C)cc1-c1nc(CN)cs1. The van der Waals surface area contributed by atoms with Crippen molar-refractivity contribution < 1.29 is 0 Å². The minimum absolute atomic E-state index is 0.498. The number of aryl methyl sites for hydroxylation is 2. The lowest BCUT2D eigenvalue weighted by atomic mass is 10.2. The molecule has 5 heteroatoms. The molecule has 0 bridgehead atoms. The Bertz CT molecular complexity index is 458. The second kappa shape index (κ2) is 4.12. The van der Waals surface area contributed by atoms with E-state index in [2.05, 4.69) is 17.0 Å². The molecule has 0 radical (unpaired) electrons. The molecule has 0 unspecified atom stereocenters. The number of hydrogen-bond donors (Lipinski definition) is 1. The molecule has 0 aliphatic rings. The summed E-state index contributed by atoms with van der Waals surface area (Å²) in [6.45, 7) is 2.60. The van der Waals surface area contributed by atoms with Gasteiger partial charge in [-0.15, -0.1) is 11.3 Å². The van der Waals surface area contributed by atoms with Crippen LogP contribution in [-0.4, -0.2) is 14.8 Å². The van der Waals surface area contributed by atoms with E-state index in [0.29, 0.717) is 6.54 Å². The molecule has 15 heavy (non-hydrogen) atoms. The van der Waals surface area contributed by atoms with Gasteiger partial charge in [-0.2, -0.15) is 5.10 Å². The molecule has 0 fully saturated rings. The van der Waals surface area contributed by atoms with E-state index in [-0.39, 0.29) is 0 Å². The summed E-state index contributed by atoms with van der Waals surface area (Å²) in [6, 6.07) is 0. The molecule has 4 nitrogen and oxygen atoms in total. The molecule has 0 saturated carbocycles. The van der Waals surface area contributed by atoms with Crippen LogP contribution in [0, 0.1) is 0 Å². The lowest BCUT2D eigenvalue weighted by Gasteiger charge is -1.93. The normalized spacial score (nSPS) is 10.9. The largest absolute Gasteiger partial charge is 0.325 e. The Labute approximate surface area is 92.8 Å². The highest BCUT2D eigenvalue weighted by Crippen LogP contribution is 2.26. The molecule has 0 amide bonds. The van der Waals surface area contributed by atoms with Crippen LogP contribution in [0.2, 0.25) is 0 Å². The average Bonchev–Trinajstić information content (AvgIpc) is 2.82. The number of hydrogen-bond acceptors (Lipinski definition) is 4. The Kier molecular flexibility index (Phi) is 2.83. The smallest absolute Gasteiger partial charge is 0.127 e. The van der Waals surface area contributed by atoms with Crippen LogP contribution in [0.1, 0.15) is 18.3 Å². The van der Waals surface area contributed by atoms with Gasteiger partial charge in [-0.1, -0.05) is 6.92 Å². The van der Waals surface area contributed by atoms with Crippen molar-refractivity contribution in [3.63, 3.8) is 0 Å². The van der Waals surface area contributed by atoms with E-state index >= 15 is 0 Å². The van der Waals surface area contributed by atoms with Gasteiger partial charge in [0.05, 0.1) is 17.0 Å². The third-order valence-corrected chi connectivity index (χ3v) is 3.16. The first-order valence-electron chi connectivity index (χ1n) is 4.92. The molecular formula is C10H14N4S. The molecule has 2 heterocycles. The molecule has 2 rings (SSSR count). The van der Waals surface area contributed by atoms with Gasteiger partial charge in [0.15, 0.2) is 0 Å². The summed E-state index contributed by atoms with van der Waals surface area (Å²) in [5.74, 6) is 0. The van der Waals surface area contributed by atoms with Crippen molar-refractivity contribution in [1.82, 2.24) is 14.8 Å². The summed E-state index contributed by atoms with van der Waals surface area (Å²) < 4.78 is 1.83. The van der Waals surface area contributed by atoms with Crippen LogP contribution >= 0.6 is 11.3 Å². The third-order valence-electron chi connectivity index (χ3n) is 2.23. The lowest BCUT2D eigenvalue weighted by Crippen LogP contribution is -1.95. The van der Waals surface area contributed by atoms with Crippen molar-refractivity contribution in [3.8, 4) is 10.6 Å². The molecule has 0 aliphatic carbocycles. The lowest BCUT2D eigenvalue weighted by molar-refractivity contribution is 0.746. The molecular weight excluding hydrogens is 208 g/mol. The molecule has 0 saturated heterocycles. The third kappa shape index (κ3) is 1.93.